The van der Waals surface area contributed by atoms with Crippen molar-refractivity contribution in [3.8, 4) is 0 Å². The first-order valence-electron chi connectivity index (χ1n) is 8.84. The average molecular weight is 288 g/mol. The van der Waals surface area contributed by atoms with Gasteiger partial charge in [-0.2, -0.15) is 0 Å². The van der Waals surface area contributed by atoms with E-state index in [2.05, 4.69) is 57.0 Å². The van der Waals surface area contributed by atoms with E-state index in [1.807, 2.05) is 0 Å². The molecule has 3 heterocycles. The molecule has 2 heteroatoms. The third-order valence-corrected chi connectivity index (χ3v) is 5.97. The molecule has 2 nitrogen and oxygen atoms in total. The SMILES string of the molecule is CC(C)C1=CC([C@@H](C)C[C@@]2(C)C[C@H](C)C3=CCCN32)CN1. The highest BCUT2D eigenvalue weighted by molar-refractivity contribution is 5.22. The fraction of sp³-hybridized carbons (Fsp3) is 0.789. The van der Waals surface area contributed by atoms with Crippen molar-refractivity contribution in [2.24, 2.45) is 23.7 Å². The molecule has 118 valence electrons. The van der Waals surface area contributed by atoms with Gasteiger partial charge in [-0.3, -0.25) is 0 Å². The van der Waals surface area contributed by atoms with E-state index in [0.717, 1.165) is 18.4 Å². The zero-order chi connectivity index (χ0) is 15.2. The molecule has 0 aromatic carbocycles. The predicted molar refractivity (Wildman–Crippen MR) is 89.8 cm³/mol. The topological polar surface area (TPSA) is 15.3 Å². The highest BCUT2D eigenvalue weighted by atomic mass is 15.2. The van der Waals surface area contributed by atoms with Gasteiger partial charge in [0.2, 0.25) is 0 Å². The number of nitrogens with one attached hydrogen (secondary N) is 1. The lowest BCUT2D eigenvalue weighted by molar-refractivity contribution is 0.148. The molecule has 3 aliphatic rings. The fourth-order valence-electron chi connectivity index (χ4n) is 4.89. The molecule has 0 aromatic heterocycles. The highest BCUT2D eigenvalue weighted by Crippen LogP contribution is 2.47. The number of hydrogen-bond acceptors (Lipinski definition) is 2. The first-order chi connectivity index (χ1) is 9.90. The molecule has 0 bridgehead atoms. The van der Waals surface area contributed by atoms with Gasteiger partial charge >= 0.3 is 0 Å². The summed E-state index contributed by atoms with van der Waals surface area (Å²) in [4.78, 5) is 2.73. The van der Waals surface area contributed by atoms with Gasteiger partial charge in [0.1, 0.15) is 0 Å². The molecular weight excluding hydrogens is 256 g/mol. The van der Waals surface area contributed by atoms with Crippen LogP contribution in [0.1, 0.15) is 53.9 Å². The van der Waals surface area contributed by atoms with Gasteiger partial charge in [0.15, 0.2) is 0 Å². The number of rotatable bonds is 4. The zero-order valence-corrected chi connectivity index (χ0v) is 14.4. The van der Waals surface area contributed by atoms with E-state index in [4.69, 9.17) is 0 Å². The van der Waals surface area contributed by atoms with Crippen LogP contribution in [0.5, 0.6) is 0 Å². The lowest BCUT2D eigenvalue weighted by Gasteiger charge is -2.38. The van der Waals surface area contributed by atoms with Crippen molar-refractivity contribution in [1.82, 2.24) is 10.2 Å². The van der Waals surface area contributed by atoms with Crippen molar-refractivity contribution in [2.45, 2.75) is 59.4 Å². The monoisotopic (exact) mass is 288 g/mol. The molecule has 3 aliphatic heterocycles. The van der Waals surface area contributed by atoms with E-state index < -0.39 is 0 Å². The van der Waals surface area contributed by atoms with Crippen molar-refractivity contribution in [3.63, 3.8) is 0 Å². The molecule has 0 aromatic rings. The van der Waals surface area contributed by atoms with Crippen LogP contribution in [-0.2, 0) is 0 Å². The van der Waals surface area contributed by atoms with E-state index in [1.54, 1.807) is 5.70 Å². The Morgan fingerprint density at radius 1 is 1.38 bits per heavy atom. The third kappa shape index (κ3) is 2.62. The van der Waals surface area contributed by atoms with Crippen LogP contribution in [0.25, 0.3) is 0 Å². The van der Waals surface area contributed by atoms with Gasteiger partial charge in [-0.15, -0.1) is 0 Å². The van der Waals surface area contributed by atoms with Crippen molar-refractivity contribution in [1.29, 1.82) is 0 Å². The van der Waals surface area contributed by atoms with Gasteiger partial charge in [0, 0.05) is 30.0 Å². The zero-order valence-electron chi connectivity index (χ0n) is 14.4. The molecule has 21 heavy (non-hydrogen) atoms. The van der Waals surface area contributed by atoms with Crippen LogP contribution in [0, 0.1) is 23.7 Å². The smallest absolute Gasteiger partial charge is 0.0380 e. The van der Waals surface area contributed by atoms with Crippen LogP contribution in [0.2, 0.25) is 0 Å². The molecule has 1 N–H and O–H groups in total. The van der Waals surface area contributed by atoms with Gasteiger partial charge in [-0.1, -0.05) is 39.8 Å². The van der Waals surface area contributed by atoms with E-state index >= 15 is 0 Å². The Balaban J connectivity index is 1.68. The highest BCUT2D eigenvalue weighted by Gasteiger charge is 2.45. The van der Waals surface area contributed by atoms with Gasteiger partial charge < -0.3 is 10.2 Å². The van der Waals surface area contributed by atoms with Crippen LogP contribution >= 0.6 is 0 Å². The predicted octanol–water partition coefficient (Wildman–Crippen LogP) is 4.16. The molecule has 0 spiro atoms. The number of hydrogen-bond donors (Lipinski definition) is 1. The quantitative estimate of drug-likeness (QED) is 0.835. The largest absolute Gasteiger partial charge is 0.388 e. The van der Waals surface area contributed by atoms with Crippen LogP contribution < -0.4 is 5.32 Å². The van der Waals surface area contributed by atoms with Crippen LogP contribution in [0.15, 0.2) is 23.5 Å². The Bertz CT molecular complexity index is 462. The molecule has 1 fully saturated rings. The second-order valence-corrected chi connectivity index (χ2v) is 8.17. The van der Waals surface area contributed by atoms with Crippen molar-refractivity contribution in [2.75, 3.05) is 13.1 Å². The summed E-state index contributed by atoms with van der Waals surface area (Å²) in [6.07, 6.45) is 8.91. The number of fused-ring (bicyclic) bond motifs is 1. The second kappa shape index (κ2) is 5.37. The molecule has 0 saturated carbocycles. The number of allylic oxidation sites excluding steroid dienone is 2. The maximum atomic E-state index is 3.62. The van der Waals surface area contributed by atoms with E-state index in [0.29, 0.717) is 17.4 Å². The van der Waals surface area contributed by atoms with Gasteiger partial charge in [-0.25, -0.2) is 0 Å². The van der Waals surface area contributed by atoms with Crippen LogP contribution in [0.3, 0.4) is 0 Å². The summed E-state index contributed by atoms with van der Waals surface area (Å²) >= 11 is 0. The second-order valence-electron chi connectivity index (χ2n) is 8.17. The number of nitrogens with zero attached hydrogens (tertiary/aromatic N) is 1. The fourth-order valence-corrected chi connectivity index (χ4v) is 4.89. The molecule has 0 aliphatic carbocycles. The summed E-state index contributed by atoms with van der Waals surface area (Å²) in [5.41, 5.74) is 3.47. The lowest BCUT2D eigenvalue weighted by Crippen LogP contribution is -2.41. The van der Waals surface area contributed by atoms with Crippen molar-refractivity contribution in [3.05, 3.63) is 23.5 Å². The molecule has 0 radical (unpaired) electrons. The summed E-state index contributed by atoms with van der Waals surface area (Å²) in [6.45, 7) is 14.3. The lowest BCUT2D eigenvalue weighted by atomic mass is 9.80. The van der Waals surface area contributed by atoms with E-state index in [1.165, 1.54) is 31.5 Å². The van der Waals surface area contributed by atoms with Gasteiger partial charge in [0.25, 0.3) is 0 Å². The minimum atomic E-state index is 0.385. The molecular formula is C19H32N2. The Labute approximate surface area is 130 Å². The van der Waals surface area contributed by atoms with Crippen LogP contribution in [0.4, 0.5) is 0 Å². The Morgan fingerprint density at radius 3 is 2.81 bits per heavy atom. The first kappa shape index (κ1) is 15.0. The Kier molecular flexibility index (Phi) is 3.83. The molecule has 4 atom stereocenters. The van der Waals surface area contributed by atoms with E-state index in [9.17, 15) is 0 Å². The Morgan fingerprint density at radius 2 is 2.14 bits per heavy atom. The molecule has 1 saturated heterocycles. The first-order valence-corrected chi connectivity index (χ1v) is 8.84. The molecule has 3 rings (SSSR count). The van der Waals surface area contributed by atoms with Crippen LogP contribution in [-0.4, -0.2) is 23.5 Å². The summed E-state index contributed by atoms with van der Waals surface area (Å²) in [7, 11) is 0. The van der Waals surface area contributed by atoms with Gasteiger partial charge in [0.05, 0.1) is 0 Å². The maximum Gasteiger partial charge on any atom is 0.0380 e. The molecule has 1 unspecified atom stereocenters. The summed E-state index contributed by atoms with van der Waals surface area (Å²) < 4.78 is 0. The maximum absolute atomic E-state index is 3.62. The summed E-state index contributed by atoms with van der Waals surface area (Å²) in [5.74, 6) is 2.86. The standard InChI is InChI=1S/C19H32N2/c1-13(2)17-9-16(12-20-17)14(3)10-19(5)11-15(4)18-7-6-8-21(18)19/h7,9,13-16,20H,6,8,10-12H2,1-5H3/t14-,15-,16?,19-/m0/s1. The van der Waals surface area contributed by atoms with E-state index in [-0.39, 0.29) is 0 Å². The minimum absolute atomic E-state index is 0.385. The summed E-state index contributed by atoms with van der Waals surface area (Å²) in [6, 6.07) is 0. The van der Waals surface area contributed by atoms with Gasteiger partial charge in [-0.05, 0) is 49.9 Å². The average Bonchev–Trinajstić information content (AvgIpc) is 3.10. The van der Waals surface area contributed by atoms with Crippen molar-refractivity contribution >= 4 is 0 Å². The van der Waals surface area contributed by atoms with Crippen molar-refractivity contribution < 1.29 is 0 Å². The third-order valence-electron chi connectivity index (χ3n) is 5.97. The minimum Gasteiger partial charge on any atom is -0.388 e. The normalized spacial score (nSPS) is 36.6. The summed E-state index contributed by atoms with van der Waals surface area (Å²) in [5, 5.41) is 3.62. The molecule has 0 amide bonds. The Hall–Kier alpha value is -0.920.